The third kappa shape index (κ3) is 5.33. The molecular weight excluding hydrogens is 448 g/mol. The van der Waals surface area contributed by atoms with Crippen molar-refractivity contribution in [3.8, 4) is 0 Å². The Kier molecular flexibility index (Phi) is 6.57. The van der Waals surface area contributed by atoms with Gasteiger partial charge in [0.2, 0.25) is 0 Å². The van der Waals surface area contributed by atoms with E-state index in [2.05, 4.69) is 0 Å². The van der Waals surface area contributed by atoms with Crippen LogP contribution in [0.1, 0.15) is 41.1 Å². The SMILES string of the molecule is O=C(O)C1CCN(C(c2ccc(C(F)(F)F)cc2)c2cc(C(F)(F)F)ccc2Cl)CC1. The fraction of sp³-hybridized carbons (Fsp3) is 0.381. The highest BCUT2D eigenvalue weighted by atomic mass is 35.5. The first-order chi connectivity index (χ1) is 14.4. The number of likely N-dealkylation sites (tertiary alicyclic amines) is 1. The number of aliphatic carboxylic acids is 1. The molecule has 168 valence electrons. The van der Waals surface area contributed by atoms with Crippen molar-refractivity contribution in [3.63, 3.8) is 0 Å². The molecule has 1 heterocycles. The number of nitrogens with zero attached hydrogens (tertiary/aromatic N) is 1. The second-order valence-electron chi connectivity index (χ2n) is 7.40. The number of hydrogen-bond donors (Lipinski definition) is 1. The summed E-state index contributed by atoms with van der Waals surface area (Å²) in [6, 6.07) is 6.16. The van der Waals surface area contributed by atoms with Crippen molar-refractivity contribution in [1.82, 2.24) is 4.90 Å². The highest BCUT2D eigenvalue weighted by Crippen LogP contribution is 2.40. The molecule has 1 fully saturated rings. The van der Waals surface area contributed by atoms with Gasteiger partial charge in [-0.3, -0.25) is 9.69 Å². The normalized spacial score (nSPS) is 17.5. The van der Waals surface area contributed by atoms with Crippen LogP contribution in [-0.2, 0) is 17.1 Å². The lowest BCUT2D eigenvalue weighted by atomic mass is 9.90. The third-order valence-electron chi connectivity index (χ3n) is 5.42. The van der Waals surface area contributed by atoms with Crippen LogP contribution in [0.5, 0.6) is 0 Å². The Balaban J connectivity index is 2.05. The van der Waals surface area contributed by atoms with Gasteiger partial charge >= 0.3 is 18.3 Å². The average molecular weight is 466 g/mol. The Hall–Kier alpha value is -2.26. The van der Waals surface area contributed by atoms with Crippen molar-refractivity contribution < 1.29 is 36.2 Å². The number of benzene rings is 2. The van der Waals surface area contributed by atoms with Gasteiger partial charge in [0.15, 0.2) is 0 Å². The molecule has 0 aliphatic carbocycles. The summed E-state index contributed by atoms with van der Waals surface area (Å²) in [6.45, 7) is 0.491. The van der Waals surface area contributed by atoms with Crippen molar-refractivity contribution >= 4 is 17.6 Å². The van der Waals surface area contributed by atoms with E-state index in [0.717, 1.165) is 30.3 Å². The molecule has 31 heavy (non-hydrogen) atoms. The van der Waals surface area contributed by atoms with E-state index in [9.17, 15) is 36.2 Å². The van der Waals surface area contributed by atoms with Gasteiger partial charge in [0.25, 0.3) is 0 Å². The van der Waals surface area contributed by atoms with Crippen molar-refractivity contribution in [2.45, 2.75) is 31.2 Å². The Morgan fingerprint density at radius 1 is 0.935 bits per heavy atom. The minimum Gasteiger partial charge on any atom is -0.481 e. The molecule has 1 N–H and O–H groups in total. The molecule has 1 unspecified atom stereocenters. The predicted molar refractivity (Wildman–Crippen MR) is 102 cm³/mol. The molecule has 1 aliphatic rings. The quantitative estimate of drug-likeness (QED) is 0.541. The number of carbonyl (C=O) groups is 1. The predicted octanol–water partition coefficient (Wildman–Crippen LogP) is 6.26. The molecule has 1 aliphatic heterocycles. The molecule has 10 heteroatoms. The summed E-state index contributed by atoms with van der Waals surface area (Å²) in [4.78, 5) is 13.0. The van der Waals surface area contributed by atoms with Gasteiger partial charge in [-0.05, 0) is 67.4 Å². The molecule has 1 atom stereocenters. The van der Waals surface area contributed by atoms with Crippen LogP contribution in [-0.4, -0.2) is 29.1 Å². The minimum absolute atomic E-state index is 0.0401. The van der Waals surface area contributed by atoms with Crippen molar-refractivity contribution in [2.24, 2.45) is 5.92 Å². The molecular formula is C21H18ClF6NO2. The van der Waals surface area contributed by atoms with Gasteiger partial charge in [-0.2, -0.15) is 26.3 Å². The summed E-state index contributed by atoms with van der Waals surface area (Å²) < 4.78 is 78.7. The maximum Gasteiger partial charge on any atom is 0.416 e. The zero-order valence-electron chi connectivity index (χ0n) is 16.0. The van der Waals surface area contributed by atoms with Crippen LogP contribution in [0, 0.1) is 5.92 Å². The van der Waals surface area contributed by atoms with Crippen LogP contribution in [0.3, 0.4) is 0 Å². The van der Waals surface area contributed by atoms with E-state index in [1.54, 1.807) is 4.90 Å². The van der Waals surface area contributed by atoms with Crippen LogP contribution < -0.4 is 0 Å². The lowest BCUT2D eigenvalue weighted by Crippen LogP contribution is -2.39. The zero-order chi connectivity index (χ0) is 23.0. The Morgan fingerprint density at radius 3 is 1.94 bits per heavy atom. The Labute approximate surface area is 179 Å². The maximum atomic E-state index is 13.3. The van der Waals surface area contributed by atoms with Crippen molar-refractivity contribution in [3.05, 3.63) is 69.7 Å². The van der Waals surface area contributed by atoms with Crippen LogP contribution in [0.2, 0.25) is 5.02 Å². The number of alkyl halides is 6. The van der Waals surface area contributed by atoms with Gasteiger partial charge in [-0.25, -0.2) is 0 Å². The summed E-state index contributed by atoms with van der Waals surface area (Å²) in [5.74, 6) is -1.54. The van der Waals surface area contributed by atoms with Crippen LogP contribution >= 0.6 is 11.6 Å². The molecule has 2 aromatic carbocycles. The van der Waals surface area contributed by atoms with E-state index in [4.69, 9.17) is 11.6 Å². The molecule has 0 radical (unpaired) electrons. The molecule has 0 amide bonds. The molecule has 0 saturated carbocycles. The molecule has 0 spiro atoms. The molecule has 0 bridgehead atoms. The number of carboxylic acids is 1. The van der Waals surface area contributed by atoms with Crippen LogP contribution in [0.15, 0.2) is 42.5 Å². The molecule has 0 aromatic heterocycles. The highest BCUT2D eigenvalue weighted by Gasteiger charge is 2.36. The number of halogens is 7. The first kappa shape index (κ1) is 23.4. The van der Waals surface area contributed by atoms with Crippen molar-refractivity contribution in [1.29, 1.82) is 0 Å². The summed E-state index contributed by atoms with van der Waals surface area (Å²) in [5.41, 5.74) is -1.37. The molecule has 2 aromatic rings. The van der Waals surface area contributed by atoms with E-state index >= 15 is 0 Å². The van der Waals surface area contributed by atoms with Gasteiger partial charge in [0, 0.05) is 5.02 Å². The summed E-state index contributed by atoms with van der Waals surface area (Å²) in [5, 5.41) is 9.24. The number of rotatable bonds is 4. The summed E-state index contributed by atoms with van der Waals surface area (Å²) >= 11 is 6.23. The number of carboxylic acid groups (broad SMARTS) is 1. The van der Waals surface area contributed by atoms with E-state index in [1.807, 2.05) is 0 Å². The van der Waals surface area contributed by atoms with Gasteiger partial charge in [-0.1, -0.05) is 23.7 Å². The van der Waals surface area contributed by atoms with Gasteiger partial charge in [0.05, 0.1) is 23.1 Å². The average Bonchev–Trinajstić information content (AvgIpc) is 2.69. The van der Waals surface area contributed by atoms with Crippen molar-refractivity contribution in [2.75, 3.05) is 13.1 Å². The lowest BCUT2D eigenvalue weighted by molar-refractivity contribution is -0.143. The zero-order valence-corrected chi connectivity index (χ0v) is 16.7. The second-order valence-corrected chi connectivity index (χ2v) is 7.81. The van der Waals surface area contributed by atoms with E-state index in [1.165, 1.54) is 12.1 Å². The van der Waals surface area contributed by atoms with Gasteiger partial charge in [-0.15, -0.1) is 0 Å². The van der Waals surface area contributed by atoms with E-state index in [0.29, 0.717) is 5.56 Å². The lowest BCUT2D eigenvalue weighted by Gasteiger charge is -2.37. The largest absolute Gasteiger partial charge is 0.481 e. The van der Waals surface area contributed by atoms with Crippen LogP contribution in [0.25, 0.3) is 0 Å². The fourth-order valence-corrected chi connectivity index (χ4v) is 4.00. The smallest absolute Gasteiger partial charge is 0.416 e. The Morgan fingerprint density at radius 2 is 1.45 bits per heavy atom. The summed E-state index contributed by atoms with van der Waals surface area (Å²) in [7, 11) is 0. The van der Waals surface area contributed by atoms with Gasteiger partial charge in [0.1, 0.15) is 0 Å². The Bertz CT molecular complexity index is 934. The standard InChI is InChI=1S/C21H18ClF6NO2/c22-17-6-5-15(21(26,27)28)11-16(17)18(29-9-7-13(8-10-29)19(30)31)12-1-3-14(4-2-12)20(23,24)25/h1-6,11,13,18H,7-10H2,(H,30,31). The first-order valence-corrected chi connectivity index (χ1v) is 9.76. The summed E-state index contributed by atoms with van der Waals surface area (Å²) in [6.07, 6.45) is -8.64. The number of hydrogen-bond acceptors (Lipinski definition) is 2. The molecule has 3 rings (SSSR count). The highest BCUT2D eigenvalue weighted by molar-refractivity contribution is 6.31. The maximum absolute atomic E-state index is 13.3. The van der Waals surface area contributed by atoms with E-state index in [-0.39, 0.29) is 36.5 Å². The van der Waals surface area contributed by atoms with E-state index < -0.39 is 41.4 Å². The van der Waals surface area contributed by atoms with Crippen LogP contribution in [0.4, 0.5) is 26.3 Å². The fourth-order valence-electron chi connectivity index (χ4n) is 3.78. The molecule has 3 nitrogen and oxygen atoms in total. The third-order valence-corrected chi connectivity index (χ3v) is 5.76. The van der Waals surface area contributed by atoms with Gasteiger partial charge < -0.3 is 5.11 Å². The first-order valence-electron chi connectivity index (χ1n) is 9.38. The monoisotopic (exact) mass is 465 g/mol. The topological polar surface area (TPSA) is 40.5 Å². The second kappa shape index (κ2) is 8.70. The minimum atomic E-state index is -4.62. The number of piperidine rings is 1. The molecule has 1 saturated heterocycles.